The van der Waals surface area contributed by atoms with Crippen LogP contribution in [-0.2, 0) is 0 Å². The Morgan fingerprint density at radius 1 is 1.10 bits per heavy atom. The maximum Gasteiger partial charge on any atom is 0.257 e. The van der Waals surface area contributed by atoms with Crippen molar-refractivity contribution in [1.82, 2.24) is 0 Å². The molecular weight excluding hydrogens is 386 g/mol. The normalized spacial score (nSPS) is 10.4. The van der Waals surface area contributed by atoms with Crippen molar-refractivity contribution in [2.45, 2.75) is 0 Å². The van der Waals surface area contributed by atoms with Crippen LogP contribution in [0.2, 0.25) is 15.1 Å². The molecule has 0 fully saturated rings. The van der Waals surface area contributed by atoms with E-state index in [2.05, 4.69) is 21.2 Å². The van der Waals surface area contributed by atoms with Gasteiger partial charge < -0.3 is 11.1 Å². The third kappa shape index (κ3) is 3.38. The molecule has 3 N–H and O–H groups in total. The fraction of sp³-hybridized carbons (Fsp3) is 0. The van der Waals surface area contributed by atoms with E-state index in [9.17, 15) is 4.79 Å². The molecule has 0 saturated heterocycles. The topological polar surface area (TPSA) is 55.1 Å². The fourth-order valence-electron chi connectivity index (χ4n) is 1.56. The van der Waals surface area contributed by atoms with Crippen molar-refractivity contribution < 1.29 is 4.79 Å². The lowest BCUT2D eigenvalue weighted by Crippen LogP contribution is -2.13. The Morgan fingerprint density at radius 2 is 1.80 bits per heavy atom. The van der Waals surface area contributed by atoms with E-state index in [0.29, 0.717) is 16.4 Å². The van der Waals surface area contributed by atoms with E-state index < -0.39 is 5.91 Å². The molecule has 2 aromatic rings. The van der Waals surface area contributed by atoms with E-state index in [1.807, 2.05) is 0 Å². The smallest absolute Gasteiger partial charge is 0.257 e. The fourth-order valence-corrected chi connectivity index (χ4v) is 2.51. The van der Waals surface area contributed by atoms with Crippen molar-refractivity contribution in [2.24, 2.45) is 0 Å². The number of halogens is 4. The summed E-state index contributed by atoms with van der Waals surface area (Å²) in [6.07, 6.45) is 0. The van der Waals surface area contributed by atoms with Gasteiger partial charge in [0.2, 0.25) is 0 Å². The highest BCUT2D eigenvalue weighted by atomic mass is 79.9. The third-order valence-corrected chi connectivity index (χ3v) is 4.10. The molecule has 0 aliphatic carbocycles. The summed E-state index contributed by atoms with van der Waals surface area (Å²) in [7, 11) is 0. The van der Waals surface area contributed by atoms with Gasteiger partial charge in [-0.05, 0) is 30.3 Å². The van der Waals surface area contributed by atoms with Crippen LogP contribution in [0.3, 0.4) is 0 Å². The number of hydrogen-bond donors (Lipinski definition) is 2. The van der Waals surface area contributed by atoms with Gasteiger partial charge in [0, 0.05) is 10.2 Å². The summed E-state index contributed by atoms with van der Waals surface area (Å²) in [5.74, 6) is -0.441. The number of carbonyl (C=O) groups is 1. The zero-order chi connectivity index (χ0) is 14.9. The predicted molar refractivity (Wildman–Crippen MR) is 88.0 cm³/mol. The highest BCUT2D eigenvalue weighted by molar-refractivity contribution is 9.10. The van der Waals surface area contributed by atoms with Crippen molar-refractivity contribution in [3.63, 3.8) is 0 Å². The van der Waals surface area contributed by atoms with E-state index in [0.717, 1.165) is 4.47 Å². The molecule has 0 atom stereocenters. The second kappa shape index (κ2) is 6.22. The van der Waals surface area contributed by atoms with Crippen LogP contribution >= 0.6 is 50.7 Å². The van der Waals surface area contributed by atoms with Gasteiger partial charge in [0.15, 0.2) is 0 Å². The highest BCUT2D eigenvalue weighted by Crippen LogP contribution is 2.31. The van der Waals surface area contributed by atoms with Crippen LogP contribution in [0.25, 0.3) is 0 Å². The number of anilines is 2. The first-order chi connectivity index (χ1) is 9.38. The zero-order valence-electron chi connectivity index (χ0n) is 9.88. The lowest BCUT2D eigenvalue weighted by atomic mass is 10.2. The number of amides is 1. The van der Waals surface area contributed by atoms with Crippen molar-refractivity contribution in [3.05, 3.63) is 55.4 Å². The first kappa shape index (κ1) is 15.4. The monoisotopic (exact) mass is 392 g/mol. The standard InChI is InChI=1S/C13H8BrCl3N2O/c14-6-1-2-9(15)11(3-6)19-13(20)8-4-7(18)5-10(16)12(8)17/h1-5H,18H2,(H,19,20). The van der Waals surface area contributed by atoms with Crippen LogP contribution in [0.15, 0.2) is 34.8 Å². The molecule has 1 amide bonds. The molecule has 0 radical (unpaired) electrons. The minimum absolute atomic E-state index is 0.143. The van der Waals surface area contributed by atoms with Gasteiger partial charge in [-0.25, -0.2) is 0 Å². The summed E-state index contributed by atoms with van der Waals surface area (Å²) in [5.41, 5.74) is 6.66. The summed E-state index contributed by atoms with van der Waals surface area (Å²) in [6.45, 7) is 0. The zero-order valence-corrected chi connectivity index (χ0v) is 13.7. The quantitative estimate of drug-likeness (QED) is 0.684. The molecule has 0 saturated carbocycles. The first-order valence-corrected chi connectivity index (χ1v) is 7.32. The van der Waals surface area contributed by atoms with Crippen LogP contribution in [-0.4, -0.2) is 5.91 Å². The molecule has 0 aliphatic rings. The Labute approximate surface area is 139 Å². The van der Waals surface area contributed by atoms with E-state index in [4.69, 9.17) is 40.5 Å². The Hall–Kier alpha value is -0.940. The van der Waals surface area contributed by atoms with Crippen LogP contribution in [0, 0.1) is 0 Å². The van der Waals surface area contributed by atoms with Gasteiger partial charge >= 0.3 is 0 Å². The van der Waals surface area contributed by atoms with Crippen molar-refractivity contribution in [1.29, 1.82) is 0 Å². The molecule has 0 heterocycles. The van der Waals surface area contributed by atoms with Gasteiger partial charge in [-0.3, -0.25) is 4.79 Å². The van der Waals surface area contributed by atoms with Crippen LogP contribution < -0.4 is 11.1 Å². The number of nitrogens with two attached hydrogens (primary N) is 1. The summed E-state index contributed by atoms with van der Waals surface area (Å²) >= 11 is 21.2. The van der Waals surface area contributed by atoms with Gasteiger partial charge in [0.05, 0.1) is 26.3 Å². The Balaban J connectivity index is 2.35. The maximum atomic E-state index is 12.2. The van der Waals surface area contributed by atoms with Gasteiger partial charge in [-0.1, -0.05) is 50.7 Å². The second-order valence-corrected chi connectivity index (χ2v) is 6.05. The van der Waals surface area contributed by atoms with Crippen LogP contribution in [0.5, 0.6) is 0 Å². The molecular formula is C13H8BrCl3N2O. The summed E-state index contributed by atoms with van der Waals surface area (Å²) in [5, 5.41) is 3.44. The second-order valence-electron chi connectivity index (χ2n) is 3.94. The lowest BCUT2D eigenvalue weighted by Gasteiger charge is -2.10. The van der Waals surface area contributed by atoms with Crippen molar-refractivity contribution >= 4 is 68.0 Å². The number of nitrogens with one attached hydrogen (secondary N) is 1. The number of hydrogen-bond acceptors (Lipinski definition) is 2. The van der Waals surface area contributed by atoms with E-state index in [-0.39, 0.29) is 15.6 Å². The molecule has 104 valence electrons. The number of benzene rings is 2. The Kier molecular flexibility index (Phi) is 4.81. The Bertz CT molecular complexity index is 692. The molecule has 0 aromatic heterocycles. The third-order valence-electron chi connectivity index (χ3n) is 2.47. The lowest BCUT2D eigenvalue weighted by molar-refractivity contribution is 0.102. The van der Waals surface area contributed by atoms with Crippen LogP contribution in [0.4, 0.5) is 11.4 Å². The Morgan fingerprint density at radius 3 is 2.50 bits per heavy atom. The van der Waals surface area contributed by atoms with E-state index in [1.165, 1.54) is 12.1 Å². The largest absolute Gasteiger partial charge is 0.399 e. The minimum Gasteiger partial charge on any atom is -0.399 e. The van der Waals surface area contributed by atoms with E-state index >= 15 is 0 Å². The SMILES string of the molecule is Nc1cc(Cl)c(Cl)c(C(=O)Nc2cc(Br)ccc2Cl)c1. The van der Waals surface area contributed by atoms with Gasteiger partial charge in [0.25, 0.3) is 5.91 Å². The van der Waals surface area contributed by atoms with Crippen molar-refractivity contribution in [2.75, 3.05) is 11.1 Å². The van der Waals surface area contributed by atoms with Crippen molar-refractivity contribution in [3.8, 4) is 0 Å². The molecule has 7 heteroatoms. The maximum absolute atomic E-state index is 12.2. The average molecular weight is 394 g/mol. The average Bonchev–Trinajstić information content (AvgIpc) is 2.38. The summed E-state index contributed by atoms with van der Waals surface area (Å²) in [4.78, 5) is 12.2. The highest BCUT2D eigenvalue weighted by Gasteiger charge is 2.15. The summed E-state index contributed by atoms with van der Waals surface area (Å²) in [6, 6.07) is 8.04. The van der Waals surface area contributed by atoms with Gasteiger partial charge in [-0.15, -0.1) is 0 Å². The van der Waals surface area contributed by atoms with Gasteiger partial charge in [0.1, 0.15) is 0 Å². The van der Waals surface area contributed by atoms with Crippen LogP contribution in [0.1, 0.15) is 10.4 Å². The molecule has 0 bridgehead atoms. The molecule has 0 unspecified atom stereocenters. The summed E-state index contributed by atoms with van der Waals surface area (Å²) < 4.78 is 0.786. The molecule has 2 rings (SSSR count). The molecule has 0 spiro atoms. The molecule has 20 heavy (non-hydrogen) atoms. The number of carbonyl (C=O) groups excluding carboxylic acids is 1. The molecule has 0 aliphatic heterocycles. The van der Waals surface area contributed by atoms with Gasteiger partial charge in [-0.2, -0.15) is 0 Å². The molecule has 2 aromatic carbocycles. The van der Waals surface area contributed by atoms with E-state index in [1.54, 1.807) is 18.2 Å². The predicted octanol–water partition coefficient (Wildman–Crippen LogP) is 5.24. The minimum atomic E-state index is -0.441. The first-order valence-electron chi connectivity index (χ1n) is 5.39. The number of rotatable bonds is 2. The molecule has 3 nitrogen and oxygen atoms in total. The number of nitrogen functional groups attached to an aromatic ring is 1.